The maximum atomic E-state index is 10.4. The molecule has 0 aliphatic heterocycles. The van der Waals surface area contributed by atoms with Gasteiger partial charge in [0.25, 0.3) is 5.89 Å². The van der Waals surface area contributed by atoms with Gasteiger partial charge in [0.05, 0.1) is 12.1 Å². The molecule has 2 rings (SSSR count). The van der Waals surface area contributed by atoms with Crippen LogP contribution in [0.4, 0.5) is 5.88 Å². The molecule has 1 unspecified atom stereocenters. The van der Waals surface area contributed by atoms with Crippen molar-refractivity contribution in [1.29, 1.82) is 0 Å². The van der Waals surface area contributed by atoms with Crippen LogP contribution in [0.25, 0.3) is 11.7 Å². The van der Waals surface area contributed by atoms with Crippen LogP contribution >= 0.6 is 0 Å². The minimum atomic E-state index is -0.646. The van der Waals surface area contributed by atoms with Crippen molar-refractivity contribution in [3.05, 3.63) is 28.1 Å². The first-order valence-corrected chi connectivity index (χ1v) is 4.41. The topological polar surface area (TPSA) is 121 Å². The van der Waals surface area contributed by atoms with Crippen LogP contribution in [0.5, 0.6) is 0 Å². The summed E-state index contributed by atoms with van der Waals surface area (Å²) in [6.07, 6.45) is 0. The van der Waals surface area contributed by atoms with Gasteiger partial charge in [-0.15, -0.1) is 0 Å². The lowest BCUT2D eigenvalue weighted by Gasteiger charge is -1.92. The largest absolute Gasteiger partial charge is 0.433 e. The molecule has 2 heterocycles. The van der Waals surface area contributed by atoms with Gasteiger partial charge in [-0.1, -0.05) is 5.16 Å². The summed E-state index contributed by atoms with van der Waals surface area (Å²) in [6.45, 7) is 1.69. The van der Waals surface area contributed by atoms with E-state index >= 15 is 0 Å². The van der Waals surface area contributed by atoms with Crippen molar-refractivity contribution in [2.75, 3.05) is 0 Å². The van der Waals surface area contributed by atoms with Crippen molar-refractivity contribution in [2.45, 2.75) is 13.0 Å². The van der Waals surface area contributed by atoms with Gasteiger partial charge in [-0.05, 0) is 13.0 Å². The van der Waals surface area contributed by atoms with Crippen LogP contribution in [0.15, 0.2) is 21.1 Å². The predicted octanol–water partition coefficient (Wildman–Crippen LogP) is 1.26. The third-order valence-electron chi connectivity index (χ3n) is 1.83. The molecule has 0 aromatic carbocycles. The zero-order valence-corrected chi connectivity index (χ0v) is 8.28. The fourth-order valence-electron chi connectivity index (χ4n) is 1.06. The highest BCUT2D eigenvalue weighted by Gasteiger charge is 2.18. The second-order valence-electron chi connectivity index (χ2n) is 3.14. The van der Waals surface area contributed by atoms with E-state index < -0.39 is 4.92 Å². The van der Waals surface area contributed by atoms with E-state index in [0.29, 0.717) is 5.82 Å². The highest BCUT2D eigenvalue weighted by atomic mass is 16.6. The molecule has 2 N–H and O–H groups in total. The Kier molecular flexibility index (Phi) is 2.41. The minimum Gasteiger partial charge on any atom is -0.395 e. The maximum absolute atomic E-state index is 10.4. The van der Waals surface area contributed by atoms with Gasteiger partial charge in [-0.25, -0.2) is 0 Å². The Balaban J connectivity index is 2.31. The van der Waals surface area contributed by atoms with Crippen LogP contribution in [0, 0.1) is 10.1 Å². The second kappa shape index (κ2) is 3.74. The monoisotopic (exact) mass is 224 g/mol. The van der Waals surface area contributed by atoms with E-state index in [1.165, 1.54) is 12.1 Å². The van der Waals surface area contributed by atoms with Crippen LogP contribution in [-0.4, -0.2) is 15.1 Å². The molecule has 0 aliphatic rings. The maximum Gasteiger partial charge on any atom is 0.433 e. The van der Waals surface area contributed by atoms with Crippen molar-refractivity contribution in [2.24, 2.45) is 5.73 Å². The number of nitro groups is 1. The van der Waals surface area contributed by atoms with Gasteiger partial charge in [-0.2, -0.15) is 4.98 Å². The molecule has 0 radical (unpaired) electrons. The summed E-state index contributed by atoms with van der Waals surface area (Å²) in [7, 11) is 0. The summed E-state index contributed by atoms with van der Waals surface area (Å²) < 4.78 is 9.74. The molecular weight excluding hydrogens is 216 g/mol. The van der Waals surface area contributed by atoms with Gasteiger partial charge >= 0.3 is 5.88 Å². The fourth-order valence-corrected chi connectivity index (χ4v) is 1.06. The van der Waals surface area contributed by atoms with E-state index in [0.717, 1.165) is 0 Å². The summed E-state index contributed by atoms with van der Waals surface area (Å²) >= 11 is 0. The quantitative estimate of drug-likeness (QED) is 0.614. The van der Waals surface area contributed by atoms with Crippen LogP contribution in [0.2, 0.25) is 0 Å². The van der Waals surface area contributed by atoms with Crippen molar-refractivity contribution in [3.8, 4) is 11.7 Å². The van der Waals surface area contributed by atoms with Gasteiger partial charge in [0, 0.05) is 0 Å². The summed E-state index contributed by atoms with van der Waals surface area (Å²) in [6, 6.07) is 2.23. The van der Waals surface area contributed by atoms with Gasteiger partial charge in [0.2, 0.25) is 0 Å². The first kappa shape index (κ1) is 10.3. The Bertz CT molecular complexity index is 516. The van der Waals surface area contributed by atoms with E-state index in [2.05, 4.69) is 10.1 Å². The summed E-state index contributed by atoms with van der Waals surface area (Å²) in [5.41, 5.74) is 5.53. The van der Waals surface area contributed by atoms with Crippen LogP contribution < -0.4 is 5.73 Å². The van der Waals surface area contributed by atoms with Crippen LogP contribution in [0.3, 0.4) is 0 Å². The average molecular weight is 224 g/mol. The molecule has 0 amide bonds. The standard InChI is InChI=1S/C8H8N4O4/c1-4(9)7-10-8(16-11-7)5-2-3-6(15-5)12(13)14/h2-4H,9H2,1H3. The smallest absolute Gasteiger partial charge is 0.395 e. The molecule has 0 saturated heterocycles. The Hall–Kier alpha value is -2.22. The molecule has 8 nitrogen and oxygen atoms in total. The average Bonchev–Trinajstić information content (AvgIpc) is 2.86. The Labute approximate surface area is 89.2 Å². The SMILES string of the molecule is CC(N)c1noc(-c2ccc([N+](=O)[O-])o2)n1. The molecule has 8 heteroatoms. The van der Waals surface area contributed by atoms with Crippen molar-refractivity contribution >= 4 is 5.88 Å². The Morgan fingerprint density at radius 1 is 1.56 bits per heavy atom. The number of nitrogens with zero attached hydrogens (tertiary/aromatic N) is 3. The first-order valence-electron chi connectivity index (χ1n) is 4.41. The molecule has 2 aromatic rings. The van der Waals surface area contributed by atoms with Crippen molar-refractivity contribution in [1.82, 2.24) is 10.1 Å². The summed E-state index contributed by atoms with van der Waals surface area (Å²) in [4.78, 5) is 13.7. The first-order chi connectivity index (χ1) is 7.58. The molecule has 0 bridgehead atoms. The highest BCUT2D eigenvalue weighted by Crippen LogP contribution is 2.25. The lowest BCUT2D eigenvalue weighted by molar-refractivity contribution is -0.401. The van der Waals surface area contributed by atoms with E-state index in [1.807, 2.05) is 0 Å². The number of hydrogen-bond acceptors (Lipinski definition) is 7. The molecule has 84 valence electrons. The molecule has 1 atom stereocenters. The zero-order chi connectivity index (χ0) is 11.7. The van der Waals surface area contributed by atoms with E-state index in [1.54, 1.807) is 6.92 Å². The fraction of sp³-hybridized carbons (Fsp3) is 0.250. The van der Waals surface area contributed by atoms with E-state index in [9.17, 15) is 10.1 Å². The van der Waals surface area contributed by atoms with Gasteiger partial charge in [-0.3, -0.25) is 10.1 Å². The van der Waals surface area contributed by atoms with Crippen molar-refractivity contribution < 1.29 is 13.9 Å². The number of hydrogen-bond donors (Lipinski definition) is 1. The number of aromatic nitrogens is 2. The minimum absolute atomic E-state index is 0.0698. The van der Waals surface area contributed by atoms with Crippen molar-refractivity contribution in [3.63, 3.8) is 0 Å². The molecule has 0 aliphatic carbocycles. The molecular formula is C8H8N4O4. The number of rotatable bonds is 3. The Morgan fingerprint density at radius 2 is 2.31 bits per heavy atom. The normalized spacial score (nSPS) is 12.6. The van der Waals surface area contributed by atoms with Crippen LogP contribution in [-0.2, 0) is 0 Å². The third kappa shape index (κ3) is 1.77. The molecule has 2 aromatic heterocycles. The number of furan rings is 1. The van der Waals surface area contributed by atoms with Gasteiger partial charge < -0.3 is 14.7 Å². The Morgan fingerprint density at radius 3 is 2.81 bits per heavy atom. The third-order valence-corrected chi connectivity index (χ3v) is 1.83. The number of nitrogens with two attached hydrogens (primary N) is 1. The molecule has 0 spiro atoms. The molecule has 0 fully saturated rings. The van der Waals surface area contributed by atoms with Gasteiger partial charge in [0.15, 0.2) is 11.6 Å². The summed E-state index contributed by atoms with van der Waals surface area (Å²) in [5.74, 6) is 0.149. The van der Waals surface area contributed by atoms with E-state index in [4.69, 9.17) is 14.7 Å². The lowest BCUT2D eigenvalue weighted by atomic mass is 10.3. The zero-order valence-electron chi connectivity index (χ0n) is 8.28. The lowest BCUT2D eigenvalue weighted by Crippen LogP contribution is -2.06. The van der Waals surface area contributed by atoms with Crippen LogP contribution in [0.1, 0.15) is 18.8 Å². The van der Waals surface area contributed by atoms with E-state index in [-0.39, 0.29) is 23.6 Å². The second-order valence-corrected chi connectivity index (χ2v) is 3.14. The molecule has 16 heavy (non-hydrogen) atoms. The van der Waals surface area contributed by atoms with Gasteiger partial charge in [0.1, 0.15) is 4.92 Å². The summed E-state index contributed by atoms with van der Waals surface area (Å²) in [5, 5.41) is 14.0. The highest BCUT2D eigenvalue weighted by molar-refractivity contribution is 5.46. The predicted molar refractivity (Wildman–Crippen MR) is 51.3 cm³/mol. The molecule has 0 saturated carbocycles.